The SMILES string of the molecule is CCOC(=O)C(CC1CCCCC1)C[PH](=O)CO. The fraction of sp³-hybridized carbons (Fsp3) is 0.923. The summed E-state index contributed by atoms with van der Waals surface area (Å²) < 4.78 is 16.5. The molecule has 1 aliphatic rings. The molecule has 4 nitrogen and oxygen atoms in total. The molecule has 2 unspecified atom stereocenters. The van der Waals surface area contributed by atoms with Crippen molar-refractivity contribution in [2.45, 2.75) is 45.4 Å². The summed E-state index contributed by atoms with van der Waals surface area (Å²) in [7, 11) is -2.04. The van der Waals surface area contributed by atoms with Crippen LogP contribution < -0.4 is 0 Å². The molecule has 1 aliphatic carbocycles. The summed E-state index contributed by atoms with van der Waals surface area (Å²) in [6.45, 7) is 2.14. The van der Waals surface area contributed by atoms with E-state index < -0.39 is 7.80 Å². The Labute approximate surface area is 110 Å². The van der Waals surface area contributed by atoms with E-state index in [1.54, 1.807) is 6.92 Å². The lowest BCUT2D eigenvalue weighted by Crippen LogP contribution is -2.24. The number of ether oxygens (including phenoxy) is 1. The van der Waals surface area contributed by atoms with Gasteiger partial charge in [-0.05, 0) is 19.3 Å². The summed E-state index contributed by atoms with van der Waals surface area (Å²) in [5.74, 6) is 0.0307. The number of hydrogen-bond acceptors (Lipinski definition) is 4. The number of aliphatic hydroxyl groups is 1. The first-order valence-corrected chi connectivity index (χ1v) is 8.78. The predicted molar refractivity (Wildman–Crippen MR) is 72.3 cm³/mol. The van der Waals surface area contributed by atoms with Gasteiger partial charge in [0.25, 0.3) is 0 Å². The quantitative estimate of drug-likeness (QED) is 0.573. The Morgan fingerprint density at radius 2 is 2.06 bits per heavy atom. The van der Waals surface area contributed by atoms with E-state index in [1.165, 1.54) is 19.3 Å². The van der Waals surface area contributed by atoms with Crippen molar-refractivity contribution < 1.29 is 19.2 Å². The molecule has 1 N–H and O–H groups in total. The lowest BCUT2D eigenvalue weighted by Gasteiger charge is -2.25. The van der Waals surface area contributed by atoms with Gasteiger partial charge in [-0.3, -0.25) is 4.79 Å². The van der Waals surface area contributed by atoms with Crippen molar-refractivity contribution in [3.05, 3.63) is 0 Å². The molecular weight excluding hydrogens is 251 g/mol. The number of carbonyl (C=O) groups is 1. The van der Waals surface area contributed by atoms with Crippen LogP contribution in [-0.4, -0.2) is 30.2 Å². The molecule has 0 heterocycles. The van der Waals surface area contributed by atoms with Gasteiger partial charge in [0.05, 0.1) is 18.9 Å². The second-order valence-electron chi connectivity index (χ2n) is 5.09. The van der Waals surface area contributed by atoms with Crippen molar-refractivity contribution in [3.63, 3.8) is 0 Å². The summed E-state index contributed by atoms with van der Waals surface area (Å²) >= 11 is 0. The smallest absolute Gasteiger partial charge is 0.309 e. The van der Waals surface area contributed by atoms with Gasteiger partial charge < -0.3 is 14.4 Å². The second kappa shape index (κ2) is 8.71. The number of rotatable bonds is 7. The van der Waals surface area contributed by atoms with Crippen LogP contribution in [0.2, 0.25) is 0 Å². The van der Waals surface area contributed by atoms with Gasteiger partial charge in [-0.25, -0.2) is 0 Å². The second-order valence-corrected chi connectivity index (χ2v) is 6.89. The fourth-order valence-electron chi connectivity index (χ4n) is 2.69. The standard InChI is InChI=1S/C13H25O4P/c1-2-17-13(15)12(9-18(16)10-14)8-11-6-4-3-5-7-11/h11-12,14,18H,2-10H2,1H3. The lowest BCUT2D eigenvalue weighted by atomic mass is 9.83. The van der Waals surface area contributed by atoms with Crippen LogP contribution in [0.5, 0.6) is 0 Å². The summed E-state index contributed by atoms with van der Waals surface area (Å²) in [6, 6.07) is 0. The minimum absolute atomic E-state index is 0.241. The predicted octanol–water partition coefficient (Wildman–Crippen LogP) is 2.65. The summed E-state index contributed by atoms with van der Waals surface area (Å²) in [5, 5.41) is 8.88. The third-order valence-electron chi connectivity index (χ3n) is 3.61. The molecule has 0 aromatic rings. The summed E-state index contributed by atoms with van der Waals surface area (Å²) in [4.78, 5) is 11.8. The van der Waals surface area contributed by atoms with Gasteiger partial charge in [0.15, 0.2) is 0 Å². The molecule has 0 aromatic heterocycles. The third-order valence-corrected chi connectivity index (χ3v) is 4.91. The van der Waals surface area contributed by atoms with Gasteiger partial charge >= 0.3 is 5.97 Å². The van der Waals surface area contributed by atoms with E-state index in [9.17, 15) is 9.36 Å². The van der Waals surface area contributed by atoms with Crippen LogP contribution in [0.1, 0.15) is 45.4 Å². The minimum Gasteiger partial charge on any atom is -0.466 e. The first kappa shape index (κ1) is 15.7. The average Bonchev–Trinajstić information content (AvgIpc) is 2.39. The topological polar surface area (TPSA) is 63.6 Å². The van der Waals surface area contributed by atoms with Gasteiger partial charge in [-0.1, -0.05) is 32.1 Å². The monoisotopic (exact) mass is 276 g/mol. The highest BCUT2D eigenvalue weighted by molar-refractivity contribution is 7.44. The van der Waals surface area contributed by atoms with E-state index in [1.807, 2.05) is 0 Å². The highest BCUT2D eigenvalue weighted by atomic mass is 31.1. The molecule has 1 saturated carbocycles. The lowest BCUT2D eigenvalue weighted by molar-refractivity contribution is -0.147. The van der Waals surface area contributed by atoms with Crippen LogP contribution in [0.15, 0.2) is 0 Å². The number of hydrogen-bond donors (Lipinski definition) is 1. The van der Waals surface area contributed by atoms with Gasteiger partial charge in [0.1, 0.15) is 7.80 Å². The normalized spacial score (nSPS) is 20.3. The number of esters is 1. The number of aliphatic hydroxyl groups excluding tert-OH is 1. The molecule has 5 heteroatoms. The van der Waals surface area contributed by atoms with Gasteiger partial charge in [0.2, 0.25) is 0 Å². The summed E-state index contributed by atoms with van der Waals surface area (Å²) in [6.07, 6.45) is 6.85. The third kappa shape index (κ3) is 5.53. The molecule has 0 amide bonds. The maximum absolute atomic E-state index is 11.8. The highest BCUT2D eigenvalue weighted by Crippen LogP contribution is 2.33. The molecule has 0 aromatic carbocycles. The molecule has 106 valence electrons. The van der Waals surface area contributed by atoms with Crippen molar-refractivity contribution in [1.82, 2.24) is 0 Å². The summed E-state index contributed by atoms with van der Waals surface area (Å²) in [5.41, 5.74) is 0. The van der Waals surface area contributed by atoms with E-state index in [4.69, 9.17) is 9.84 Å². The molecule has 0 bridgehead atoms. The average molecular weight is 276 g/mol. The van der Waals surface area contributed by atoms with Crippen molar-refractivity contribution >= 4 is 13.8 Å². The zero-order valence-corrected chi connectivity index (χ0v) is 12.2. The molecule has 2 atom stereocenters. The zero-order chi connectivity index (χ0) is 13.4. The Morgan fingerprint density at radius 1 is 1.39 bits per heavy atom. The zero-order valence-electron chi connectivity index (χ0n) is 11.2. The first-order valence-electron chi connectivity index (χ1n) is 6.96. The van der Waals surface area contributed by atoms with E-state index in [0.717, 1.165) is 19.3 Å². The van der Waals surface area contributed by atoms with Crippen molar-refractivity contribution in [2.24, 2.45) is 11.8 Å². The Morgan fingerprint density at radius 3 is 2.61 bits per heavy atom. The van der Waals surface area contributed by atoms with E-state index in [-0.39, 0.29) is 18.2 Å². The minimum atomic E-state index is -2.04. The van der Waals surface area contributed by atoms with Crippen LogP contribution in [-0.2, 0) is 14.1 Å². The van der Waals surface area contributed by atoms with Crippen LogP contribution in [0.3, 0.4) is 0 Å². The maximum Gasteiger partial charge on any atom is 0.309 e. The molecule has 1 fully saturated rings. The van der Waals surface area contributed by atoms with Crippen LogP contribution in [0.25, 0.3) is 0 Å². The van der Waals surface area contributed by atoms with E-state index in [0.29, 0.717) is 18.7 Å². The van der Waals surface area contributed by atoms with Crippen LogP contribution in [0, 0.1) is 11.8 Å². The Bertz CT molecular complexity index is 274. The van der Waals surface area contributed by atoms with E-state index in [2.05, 4.69) is 0 Å². The molecular formula is C13H25O4P. The maximum atomic E-state index is 11.8. The van der Waals surface area contributed by atoms with Crippen molar-refractivity contribution in [2.75, 3.05) is 19.1 Å². The Kier molecular flexibility index (Phi) is 7.60. The molecule has 0 aliphatic heterocycles. The molecule has 0 spiro atoms. The van der Waals surface area contributed by atoms with Crippen LogP contribution in [0.4, 0.5) is 0 Å². The highest BCUT2D eigenvalue weighted by Gasteiger charge is 2.26. The molecule has 18 heavy (non-hydrogen) atoms. The van der Waals surface area contributed by atoms with Crippen LogP contribution >= 0.6 is 7.80 Å². The first-order chi connectivity index (χ1) is 8.67. The number of carbonyl (C=O) groups excluding carboxylic acids is 1. The van der Waals surface area contributed by atoms with Gasteiger partial charge in [-0.15, -0.1) is 0 Å². The van der Waals surface area contributed by atoms with Gasteiger partial charge in [0, 0.05) is 6.16 Å². The Hall–Kier alpha value is -0.340. The molecule has 1 rings (SSSR count). The fourth-order valence-corrected chi connectivity index (χ4v) is 3.70. The van der Waals surface area contributed by atoms with Crippen molar-refractivity contribution in [3.8, 4) is 0 Å². The molecule has 0 radical (unpaired) electrons. The van der Waals surface area contributed by atoms with E-state index >= 15 is 0 Å². The Balaban J connectivity index is 2.52. The van der Waals surface area contributed by atoms with Gasteiger partial charge in [-0.2, -0.15) is 0 Å². The largest absolute Gasteiger partial charge is 0.466 e. The van der Waals surface area contributed by atoms with Crippen molar-refractivity contribution in [1.29, 1.82) is 0 Å². The molecule has 0 saturated heterocycles.